The van der Waals surface area contributed by atoms with E-state index in [4.69, 9.17) is 9.84 Å². The Hall–Kier alpha value is -2.04. The van der Waals surface area contributed by atoms with Crippen molar-refractivity contribution in [1.82, 2.24) is 4.90 Å². The van der Waals surface area contributed by atoms with E-state index < -0.39 is 12.0 Å². The van der Waals surface area contributed by atoms with Gasteiger partial charge in [0.1, 0.15) is 11.8 Å². The first-order valence-electron chi connectivity index (χ1n) is 6.79. The molecule has 1 amide bonds. The van der Waals surface area contributed by atoms with Crippen molar-refractivity contribution >= 4 is 11.9 Å². The maximum Gasteiger partial charge on any atom is 0.326 e. The molecule has 1 heterocycles. The van der Waals surface area contributed by atoms with Gasteiger partial charge in [-0.1, -0.05) is 6.07 Å². The maximum atomic E-state index is 12.4. The second-order valence-electron chi connectivity index (χ2n) is 5.19. The SMILES string of the molecule is CC(C)Oc1cccc(C(=O)N2CCCC2C(=O)O)c1. The van der Waals surface area contributed by atoms with Crippen molar-refractivity contribution in [3.63, 3.8) is 0 Å². The van der Waals surface area contributed by atoms with Crippen LogP contribution >= 0.6 is 0 Å². The minimum absolute atomic E-state index is 0.0268. The Kier molecular flexibility index (Phi) is 4.27. The molecule has 5 heteroatoms. The predicted octanol–water partition coefficient (Wildman–Crippen LogP) is 2.16. The molecule has 1 N–H and O–H groups in total. The number of ether oxygens (including phenoxy) is 1. The molecule has 5 nitrogen and oxygen atoms in total. The number of hydrogen-bond acceptors (Lipinski definition) is 3. The maximum absolute atomic E-state index is 12.4. The highest BCUT2D eigenvalue weighted by Gasteiger charge is 2.34. The van der Waals surface area contributed by atoms with Crippen LogP contribution in [0.25, 0.3) is 0 Å². The third-order valence-corrected chi connectivity index (χ3v) is 3.25. The van der Waals surface area contributed by atoms with Gasteiger partial charge in [-0.05, 0) is 44.9 Å². The highest BCUT2D eigenvalue weighted by Crippen LogP contribution is 2.22. The van der Waals surface area contributed by atoms with Gasteiger partial charge in [0.25, 0.3) is 5.91 Å². The Morgan fingerprint density at radius 2 is 2.15 bits per heavy atom. The smallest absolute Gasteiger partial charge is 0.326 e. The Labute approximate surface area is 118 Å². The molecule has 1 atom stereocenters. The van der Waals surface area contributed by atoms with Crippen LogP contribution in [-0.4, -0.2) is 40.6 Å². The van der Waals surface area contributed by atoms with Gasteiger partial charge < -0.3 is 14.7 Å². The van der Waals surface area contributed by atoms with Crippen LogP contribution in [0.2, 0.25) is 0 Å². The first kappa shape index (κ1) is 14.4. The zero-order chi connectivity index (χ0) is 14.7. The summed E-state index contributed by atoms with van der Waals surface area (Å²) in [6.45, 7) is 4.32. The van der Waals surface area contributed by atoms with Crippen LogP contribution in [0.4, 0.5) is 0 Å². The topological polar surface area (TPSA) is 66.8 Å². The summed E-state index contributed by atoms with van der Waals surface area (Å²) >= 11 is 0. The molecule has 108 valence electrons. The van der Waals surface area contributed by atoms with E-state index >= 15 is 0 Å². The van der Waals surface area contributed by atoms with Gasteiger partial charge in [0.05, 0.1) is 6.10 Å². The number of nitrogens with zero attached hydrogens (tertiary/aromatic N) is 1. The van der Waals surface area contributed by atoms with Gasteiger partial charge in [-0.15, -0.1) is 0 Å². The van der Waals surface area contributed by atoms with Crippen LogP contribution in [0, 0.1) is 0 Å². The molecule has 0 spiro atoms. The van der Waals surface area contributed by atoms with Crippen molar-refractivity contribution in [3.8, 4) is 5.75 Å². The number of aliphatic carboxylic acids is 1. The van der Waals surface area contributed by atoms with E-state index in [9.17, 15) is 9.59 Å². The molecule has 1 aromatic rings. The first-order valence-corrected chi connectivity index (χ1v) is 6.79. The lowest BCUT2D eigenvalue weighted by atomic mass is 10.1. The van der Waals surface area contributed by atoms with Crippen molar-refractivity contribution in [3.05, 3.63) is 29.8 Å². The number of hydrogen-bond donors (Lipinski definition) is 1. The van der Waals surface area contributed by atoms with E-state index in [0.717, 1.165) is 6.42 Å². The van der Waals surface area contributed by atoms with E-state index in [1.165, 1.54) is 4.90 Å². The molecule has 0 aromatic heterocycles. The second kappa shape index (κ2) is 5.94. The molecule has 1 aliphatic heterocycles. The summed E-state index contributed by atoms with van der Waals surface area (Å²) in [7, 11) is 0. The fraction of sp³-hybridized carbons (Fsp3) is 0.467. The average Bonchev–Trinajstić information content (AvgIpc) is 2.86. The molecule has 0 saturated carbocycles. The molecular weight excluding hydrogens is 258 g/mol. The van der Waals surface area contributed by atoms with Crippen molar-refractivity contribution in [2.24, 2.45) is 0 Å². The van der Waals surface area contributed by atoms with Gasteiger partial charge in [-0.25, -0.2) is 4.79 Å². The second-order valence-corrected chi connectivity index (χ2v) is 5.19. The standard InChI is InChI=1S/C15H19NO4/c1-10(2)20-12-6-3-5-11(9-12)14(17)16-8-4-7-13(16)15(18)19/h3,5-6,9-10,13H,4,7-8H2,1-2H3,(H,18,19). The molecular formula is C15H19NO4. The monoisotopic (exact) mass is 277 g/mol. The van der Waals surface area contributed by atoms with Gasteiger partial charge in [0, 0.05) is 12.1 Å². The summed E-state index contributed by atoms with van der Waals surface area (Å²) in [5.74, 6) is -0.563. The van der Waals surface area contributed by atoms with Gasteiger partial charge in [0.15, 0.2) is 0 Å². The molecule has 2 rings (SSSR count). The Bertz CT molecular complexity index is 512. The molecule has 0 aliphatic carbocycles. The zero-order valence-corrected chi connectivity index (χ0v) is 11.7. The number of carboxylic acids is 1. The molecule has 0 bridgehead atoms. The highest BCUT2D eigenvalue weighted by molar-refractivity contribution is 5.97. The lowest BCUT2D eigenvalue weighted by Gasteiger charge is -2.21. The Balaban J connectivity index is 2.18. The number of amides is 1. The van der Waals surface area contributed by atoms with Crippen LogP contribution in [-0.2, 0) is 4.79 Å². The zero-order valence-electron chi connectivity index (χ0n) is 11.7. The summed E-state index contributed by atoms with van der Waals surface area (Å²) in [6.07, 6.45) is 1.27. The quantitative estimate of drug-likeness (QED) is 0.915. The van der Waals surface area contributed by atoms with Crippen molar-refractivity contribution in [2.45, 2.75) is 38.8 Å². The Morgan fingerprint density at radius 3 is 2.80 bits per heavy atom. The predicted molar refractivity (Wildman–Crippen MR) is 73.9 cm³/mol. The van der Waals surface area contributed by atoms with Gasteiger partial charge in [0.2, 0.25) is 0 Å². The number of carbonyl (C=O) groups excluding carboxylic acids is 1. The van der Waals surface area contributed by atoms with Crippen molar-refractivity contribution < 1.29 is 19.4 Å². The van der Waals surface area contributed by atoms with Crippen LogP contribution < -0.4 is 4.74 Å². The number of likely N-dealkylation sites (tertiary alicyclic amines) is 1. The van der Waals surface area contributed by atoms with E-state index in [2.05, 4.69) is 0 Å². The van der Waals surface area contributed by atoms with Crippen LogP contribution in [0.5, 0.6) is 5.75 Å². The number of benzene rings is 1. The summed E-state index contributed by atoms with van der Waals surface area (Å²) in [4.78, 5) is 25.0. The largest absolute Gasteiger partial charge is 0.491 e. The van der Waals surface area contributed by atoms with Gasteiger partial charge in [-0.3, -0.25) is 4.79 Å². The van der Waals surface area contributed by atoms with Gasteiger partial charge in [-0.2, -0.15) is 0 Å². The molecule has 1 fully saturated rings. The number of carbonyl (C=O) groups is 2. The van der Waals surface area contributed by atoms with E-state index in [1.54, 1.807) is 24.3 Å². The first-order chi connectivity index (χ1) is 9.49. The van der Waals surface area contributed by atoms with E-state index in [1.807, 2.05) is 13.8 Å². The average molecular weight is 277 g/mol. The molecule has 1 saturated heterocycles. The molecule has 1 aliphatic rings. The fourth-order valence-electron chi connectivity index (χ4n) is 2.41. The molecule has 1 aromatic carbocycles. The summed E-state index contributed by atoms with van der Waals surface area (Å²) in [6, 6.07) is 6.18. The number of carboxylic acid groups (broad SMARTS) is 1. The van der Waals surface area contributed by atoms with Crippen molar-refractivity contribution in [2.75, 3.05) is 6.54 Å². The van der Waals surface area contributed by atoms with Crippen LogP contribution in [0.15, 0.2) is 24.3 Å². The highest BCUT2D eigenvalue weighted by atomic mass is 16.5. The third kappa shape index (κ3) is 3.10. The van der Waals surface area contributed by atoms with Crippen LogP contribution in [0.1, 0.15) is 37.0 Å². The molecule has 20 heavy (non-hydrogen) atoms. The lowest BCUT2D eigenvalue weighted by molar-refractivity contribution is -0.141. The summed E-state index contributed by atoms with van der Waals surface area (Å²) in [5, 5.41) is 9.13. The normalized spacial score (nSPS) is 18.4. The summed E-state index contributed by atoms with van der Waals surface area (Å²) < 4.78 is 5.55. The lowest BCUT2D eigenvalue weighted by Crippen LogP contribution is -2.40. The molecule has 1 unspecified atom stereocenters. The van der Waals surface area contributed by atoms with E-state index in [0.29, 0.717) is 24.3 Å². The number of rotatable bonds is 4. The van der Waals surface area contributed by atoms with Gasteiger partial charge >= 0.3 is 5.97 Å². The fourth-order valence-corrected chi connectivity index (χ4v) is 2.41. The summed E-state index contributed by atoms with van der Waals surface area (Å²) in [5.41, 5.74) is 0.469. The van der Waals surface area contributed by atoms with Crippen molar-refractivity contribution in [1.29, 1.82) is 0 Å². The minimum atomic E-state index is -0.939. The van der Waals surface area contributed by atoms with E-state index in [-0.39, 0.29) is 12.0 Å². The minimum Gasteiger partial charge on any atom is -0.491 e. The third-order valence-electron chi connectivity index (χ3n) is 3.25. The Morgan fingerprint density at radius 1 is 1.40 bits per heavy atom. The molecule has 0 radical (unpaired) electrons. The van der Waals surface area contributed by atoms with Crippen LogP contribution in [0.3, 0.4) is 0 Å².